The number of aliphatic carboxylic acids is 1. The third kappa shape index (κ3) is 6.20. The van der Waals surface area contributed by atoms with Gasteiger partial charge in [0.15, 0.2) is 5.25 Å². The first-order valence-corrected chi connectivity index (χ1v) is 10.2. The number of carbonyl (C=O) groups excluding carboxylic acids is 1. The molecule has 0 aliphatic heterocycles. The fraction of sp³-hybridized carbons (Fsp3) is 0.875. The molecule has 0 amide bonds. The van der Waals surface area contributed by atoms with E-state index >= 15 is 0 Å². The zero-order valence-electron chi connectivity index (χ0n) is 14.8. The van der Waals surface area contributed by atoms with Crippen LogP contribution in [0.1, 0.15) is 70.6 Å². The molecule has 25 heavy (non-hydrogen) atoms. The van der Waals surface area contributed by atoms with Crippen molar-refractivity contribution in [1.82, 2.24) is 0 Å². The van der Waals surface area contributed by atoms with Gasteiger partial charge in [-0.15, -0.1) is 0 Å². The predicted octanol–water partition coefficient (Wildman–Crippen LogP) is 2.16. The molecule has 2 aliphatic rings. The Hall–Kier alpha value is -0.150. The van der Waals surface area contributed by atoms with Gasteiger partial charge >= 0.3 is 11.9 Å². The van der Waals surface area contributed by atoms with Crippen LogP contribution in [0.2, 0.25) is 0 Å². The van der Waals surface area contributed by atoms with Crippen LogP contribution < -0.4 is 0 Å². The van der Waals surface area contributed by atoms with Gasteiger partial charge in [0, 0.05) is 29.6 Å². The van der Waals surface area contributed by atoms with Crippen molar-refractivity contribution in [2.45, 2.75) is 81.5 Å². The number of carboxylic acids is 1. The Morgan fingerprint density at radius 2 is 1.56 bits per heavy atom. The quantitative estimate of drug-likeness (QED) is 0.409. The Balaban J connectivity index is 0.00000312. The van der Waals surface area contributed by atoms with E-state index in [1.165, 1.54) is 0 Å². The fourth-order valence-corrected chi connectivity index (χ4v) is 4.75. The van der Waals surface area contributed by atoms with Crippen LogP contribution in [-0.2, 0) is 24.4 Å². The van der Waals surface area contributed by atoms with E-state index in [-0.39, 0.29) is 35.5 Å². The van der Waals surface area contributed by atoms with Crippen LogP contribution >= 0.6 is 0 Å². The largest absolute Gasteiger partial charge is 0.481 e. The first-order chi connectivity index (χ1) is 11.2. The first-order valence-electron chi connectivity index (χ1n) is 8.65. The monoisotopic (exact) mass is 385 g/mol. The van der Waals surface area contributed by atoms with Gasteiger partial charge in [0.1, 0.15) is 5.60 Å². The molecule has 0 heterocycles. The molecule has 2 aliphatic carbocycles. The first kappa shape index (κ1) is 22.9. The molecule has 7 nitrogen and oxygen atoms in total. The van der Waals surface area contributed by atoms with E-state index < -0.39 is 39.3 Å². The molecule has 0 aromatic carbocycles. The van der Waals surface area contributed by atoms with Gasteiger partial charge in [-0.2, -0.15) is 8.42 Å². The molecule has 0 aromatic rings. The molecule has 1 atom stereocenters. The molecular formula is C16H26NaO7S. The van der Waals surface area contributed by atoms with Crippen LogP contribution in [0.15, 0.2) is 0 Å². The van der Waals surface area contributed by atoms with Gasteiger partial charge in [-0.25, -0.2) is 0 Å². The Morgan fingerprint density at radius 1 is 1.04 bits per heavy atom. The molecule has 2 N–H and O–H groups in total. The molecule has 2 fully saturated rings. The van der Waals surface area contributed by atoms with Crippen LogP contribution in [0.25, 0.3) is 0 Å². The van der Waals surface area contributed by atoms with Gasteiger partial charge in [0.2, 0.25) is 0 Å². The van der Waals surface area contributed by atoms with Gasteiger partial charge in [0.25, 0.3) is 10.1 Å². The third-order valence-corrected chi connectivity index (χ3v) is 6.41. The Kier molecular flexibility index (Phi) is 8.87. The Bertz CT molecular complexity index is 563. The minimum absolute atomic E-state index is 0. The van der Waals surface area contributed by atoms with Gasteiger partial charge in [-0.05, 0) is 44.4 Å². The van der Waals surface area contributed by atoms with Crippen LogP contribution in [0.4, 0.5) is 0 Å². The van der Waals surface area contributed by atoms with Crippen molar-refractivity contribution in [2.75, 3.05) is 0 Å². The SMILES string of the molecule is O=C(O)CC(C(=O)OC1(C2CCCCC2)CCCCC1)S(=O)(=O)O.[Na]. The third-order valence-electron chi connectivity index (χ3n) is 5.34. The summed E-state index contributed by atoms with van der Waals surface area (Å²) < 4.78 is 37.7. The molecule has 9 heteroatoms. The average Bonchev–Trinajstić information content (AvgIpc) is 2.53. The standard InChI is InChI=1S/C16H26O7S.Na/c17-14(18)11-13(24(20,21)22)15(19)23-16(9-5-2-6-10-16)12-7-3-1-4-8-12;/h12-13H,1-11H2,(H,17,18)(H,20,21,22);. The normalized spacial score (nSPS) is 22.4. The van der Waals surface area contributed by atoms with Crippen LogP contribution in [0.3, 0.4) is 0 Å². The van der Waals surface area contributed by atoms with Gasteiger partial charge in [-0.3, -0.25) is 14.1 Å². The topological polar surface area (TPSA) is 118 Å². The molecule has 1 unspecified atom stereocenters. The molecule has 1 radical (unpaired) electrons. The number of carbonyl (C=O) groups is 2. The summed E-state index contributed by atoms with van der Waals surface area (Å²) in [5.74, 6) is -2.42. The Labute approximate surface area is 170 Å². The summed E-state index contributed by atoms with van der Waals surface area (Å²) in [6.45, 7) is 0. The molecule has 2 saturated carbocycles. The molecule has 0 spiro atoms. The smallest absolute Gasteiger partial charge is 0.328 e. The maximum Gasteiger partial charge on any atom is 0.328 e. The number of hydrogen-bond donors (Lipinski definition) is 2. The van der Waals surface area contributed by atoms with E-state index in [1.54, 1.807) is 0 Å². The van der Waals surface area contributed by atoms with Crippen molar-refractivity contribution in [3.05, 3.63) is 0 Å². The minimum Gasteiger partial charge on any atom is -0.481 e. The van der Waals surface area contributed by atoms with Gasteiger partial charge in [-0.1, -0.05) is 25.7 Å². The van der Waals surface area contributed by atoms with E-state index in [0.717, 1.165) is 51.4 Å². The fourth-order valence-electron chi connectivity index (χ4n) is 4.11. The molecule has 0 bridgehead atoms. The summed E-state index contributed by atoms with van der Waals surface area (Å²) in [5.41, 5.74) is -0.711. The number of hydrogen-bond acceptors (Lipinski definition) is 5. The second-order valence-corrected chi connectivity index (χ2v) is 8.58. The van der Waals surface area contributed by atoms with Crippen molar-refractivity contribution in [2.24, 2.45) is 5.92 Å². The second kappa shape index (κ2) is 9.69. The summed E-state index contributed by atoms with van der Waals surface area (Å²) in [6.07, 6.45) is 8.34. The molecular weight excluding hydrogens is 359 g/mol. The zero-order valence-corrected chi connectivity index (χ0v) is 17.6. The van der Waals surface area contributed by atoms with Crippen molar-refractivity contribution >= 4 is 51.6 Å². The van der Waals surface area contributed by atoms with Crippen LogP contribution in [0, 0.1) is 5.92 Å². The van der Waals surface area contributed by atoms with Crippen LogP contribution in [0.5, 0.6) is 0 Å². The summed E-state index contributed by atoms with van der Waals surface area (Å²) in [6, 6.07) is 0. The summed E-state index contributed by atoms with van der Waals surface area (Å²) in [5, 5.41) is 6.77. The van der Waals surface area contributed by atoms with Crippen molar-refractivity contribution < 1.29 is 32.4 Å². The number of esters is 1. The van der Waals surface area contributed by atoms with E-state index in [0.29, 0.717) is 12.8 Å². The van der Waals surface area contributed by atoms with Crippen LogP contribution in [-0.4, -0.2) is 70.4 Å². The molecule has 0 aromatic heterocycles. The number of ether oxygens (including phenoxy) is 1. The molecule has 2 rings (SSSR count). The minimum atomic E-state index is -4.82. The molecule has 139 valence electrons. The number of carboxylic acid groups (broad SMARTS) is 1. The van der Waals surface area contributed by atoms with Gasteiger partial charge < -0.3 is 9.84 Å². The van der Waals surface area contributed by atoms with E-state index in [9.17, 15) is 22.6 Å². The van der Waals surface area contributed by atoms with E-state index in [4.69, 9.17) is 9.84 Å². The number of rotatable bonds is 6. The summed E-state index contributed by atoms with van der Waals surface area (Å²) in [4.78, 5) is 23.3. The molecule has 0 saturated heterocycles. The van der Waals surface area contributed by atoms with Gasteiger partial charge in [0.05, 0.1) is 6.42 Å². The zero-order chi connectivity index (χ0) is 17.8. The van der Waals surface area contributed by atoms with Crippen molar-refractivity contribution in [3.8, 4) is 0 Å². The van der Waals surface area contributed by atoms with E-state index in [2.05, 4.69) is 0 Å². The summed E-state index contributed by atoms with van der Waals surface area (Å²) >= 11 is 0. The second-order valence-electron chi connectivity index (χ2n) is 6.98. The maximum absolute atomic E-state index is 12.4. The van der Waals surface area contributed by atoms with Crippen molar-refractivity contribution in [3.63, 3.8) is 0 Å². The maximum atomic E-state index is 12.4. The van der Waals surface area contributed by atoms with Crippen molar-refractivity contribution in [1.29, 1.82) is 0 Å². The average molecular weight is 385 g/mol. The Morgan fingerprint density at radius 3 is 2.04 bits per heavy atom. The predicted molar refractivity (Wildman–Crippen MR) is 91.8 cm³/mol. The summed E-state index contributed by atoms with van der Waals surface area (Å²) in [7, 11) is -4.82. The van der Waals surface area contributed by atoms with E-state index in [1.807, 2.05) is 0 Å².